The molecule has 4 nitrogen and oxygen atoms in total. The number of carbonyl (C=O) groups excluding carboxylic acids is 1. The molecular formula is C21H27ClN2O2. The number of fused-ring (bicyclic) bond motifs is 1. The molecule has 1 saturated heterocycles. The molecule has 5 heteroatoms. The van der Waals surface area contributed by atoms with Crippen molar-refractivity contribution in [3.05, 3.63) is 35.0 Å². The summed E-state index contributed by atoms with van der Waals surface area (Å²) in [5.41, 5.74) is 2.59. The lowest BCUT2D eigenvalue weighted by Gasteiger charge is -2.36. The molecule has 3 atom stereocenters. The molecule has 0 bridgehead atoms. The Labute approximate surface area is 160 Å². The number of likely N-dealkylation sites (N-methyl/N-ethyl adjacent to an activating group) is 1. The number of hydrogen-bond donors (Lipinski definition) is 0. The van der Waals surface area contributed by atoms with Crippen molar-refractivity contribution < 1.29 is 9.53 Å². The zero-order chi connectivity index (χ0) is 18.3. The minimum atomic E-state index is -0.225. The average molecular weight is 375 g/mol. The normalized spacial score (nSPS) is 26.3. The lowest BCUT2D eigenvalue weighted by molar-refractivity contribution is -0.142. The van der Waals surface area contributed by atoms with Gasteiger partial charge in [0.05, 0.1) is 0 Å². The summed E-state index contributed by atoms with van der Waals surface area (Å²) in [6.45, 7) is 0.717. The second-order valence-electron chi connectivity index (χ2n) is 7.82. The Morgan fingerprint density at radius 1 is 1.27 bits per heavy atom. The fourth-order valence-electron chi connectivity index (χ4n) is 4.70. The van der Waals surface area contributed by atoms with Gasteiger partial charge in [0.1, 0.15) is 6.10 Å². The average Bonchev–Trinajstić information content (AvgIpc) is 3.29. The van der Waals surface area contributed by atoms with Crippen LogP contribution in [0.2, 0.25) is 5.02 Å². The standard InChI is InChI=1S/C21H27ClN2O2/c1-23-13-18(17-12-15(22)8-9-19(17)23)14-5-3-6-16(11-14)24(2)21(25)20-7-4-10-26-20/h8-9,12-14,16,20H,3-7,10-11H2,1-2H3/t14-,16?,20+/m1/s1. The maximum atomic E-state index is 12.7. The van der Waals surface area contributed by atoms with E-state index in [1.54, 1.807) is 0 Å². The Bertz CT molecular complexity index is 810. The summed E-state index contributed by atoms with van der Waals surface area (Å²) in [4.78, 5) is 14.7. The minimum absolute atomic E-state index is 0.161. The van der Waals surface area contributed by atoms with Crippen molar-refractivity contribution in [2.45, 2.75) is 56.6 Å². The first-order chi connectivity index (χ1) is 12.5. The number of amides is 1. The summed E-state index contributed by atoms with van der Waals surface area (Å²) < 4.78 is 7.79. The van der Waals surface area contributed by atoms with Crippen LogP contribution in [0.15, 0.2) is 24.4 Å². The predicted molar refractivity (Wildman–Crippen MR) is 105 cm³/mol. The number of nitrogens with zero attached hydrogens (tertiary/aromatic N) is 2. The van der Waals surface area contributed by atoms with Crippen LogP contribution in [0.3, 0.4) is 0 Å². The van der Waals surface area contributed by atoms with E-state index in [2.05, 4.69) is 29.9 Å². The van der Waals surface area contributed by atoms with E-state index in [1.165, 1.54) is 22.9 Å². The summed E-state index contributed by atoms with van der Waals surface area (Å²) >= 11 is 6.26. The van der Waals surface area contributed by atoms with Crippen LogP contribution in [0.4, 0.5) is 0 Å². The van der Waals surface area contributed by atoms with E-state index in [1.807, 2.05) is 18.0 Å². The van der Waals surface area contributed by atoms with Gasteiger partial charge < -0.3 is 14.2 Å². The Morgan fingerprint density at radius 2 is 2.12 bits per heavy atom. The zero-order valence-corrected chi connectivity index (χ0v) is 16.3. The molecule has 2 fully saturated rings. The lowest BCUT2D eigenvalue weighted by atomic mass is 9.80. The van der Waals surface area contributed by atoms with Crippen LogP contribution in [0, 0.1) is 0 Å². The fraction of sp³-hybridized carbons (Fsp3) is 0.571. The molecule has 1 aliphatic heterocycles. The topological polar surface area (TPSA) is 34.5 Å². The van der Waals surface area contributed by atoms with E-state index in [4.69, 9.17) is 16.3 Å². The lowest BCUT2D eigenvalue weighted by Crippen LogP contribution is -2.44. The first-order valence-electron chi connectivity index (χ1n) is 9.67. The summed E-state index contributed by atoms with van der Waals surface area (Å²) in [6, 6.07) is 6.41. The van der Waals surface area contributed by atoms with Crippen molar-refractivity contribution in [2.75, 3.05) is 13.7 Å². The third-order valence-corrected chi connectivity index (χ3v) is 6.40. The Morgan fingerprint density at radius 3 is 2.88 bits per heavy atom. The molecule has 1 aromatic carbocycles. The third kappa shape index (κ3) is 3.25. The molecule has 1 aliphatic carbocycles. The highest BCUT2D eigenvalue weighted by molar-refractivity contribution is 6.31. The van der Waals surface area contributed by atoms with Crippen LogP contribution in [-0.4, -0.2) is 41.2 Å². The summed E-state index contributed by atoms with van der Waals surface area (Å²) in [5, 5.41) is 2.03. The number of aryl methyl sites for hydroxylation is 1. The van der Waals surface area contributed by atoms with Crippen molar-refractivity contribution in [3.8, 4) is 0 Å². The fourth-order valence-corrected chi connectivity index (χ4v) is 4.87. The molecule has 26 heavy (non-hydrogen) atoms. The zero-order valence-electron chi connectivity index (χ0n) is 15.6. The van der Waals surface area contributed by atoms with E-state index in [9.17, 15) is 4.79 Å². The second kappa shape index (κ2) is 7.24. The van der Waals surface area contributed by atoms with Gasteiger partial charge >= 0.3 is 0 Å². The van der Waals surface area contributed by atoms with E-state index in [0.29, 0.717) is 18.6 Å². The van der Waals surface area contributed by atoms with E-state index in [-0.39, 0.29) is 12.0 Å². The van der Waals surface area contributed by atoms with Crippen LogP contribution < -0.4 is 0 Å². The molecule has 0 N–H and O–H groups in total. The smallest absolute Gasteiger partial charge is 0.251 e. The van der Waals surface area contributed by atoms with Gasteiger partial charge in [-0.15, -0.1) is 0 Å². The van der Waals surface area contributed by atoms with Gasteiger partial charge in [0.2, 0.25) is 0 Å². The first-order valence-corrected chi connectivity index (χ1v) is 10.0. The Balaban J connectivity index is 1.55. The molecule has 2 aliphatic rings. The van der Waals surface area contributed by atoms with Crippen molar-refractivity contribution >= 4 is 28.4 Å². The van der Waals surface area contributed by atoms with Crippen molar-refractivity contribution in [2.24, 2.45) is 7.05 Å². The van der Waals surface area contributed by atoms with Crippen LogP contribution in [0.25, 0.3) is 10.9 Å². The second-order valence-corrected chi connectivity index (χ2v) is 8.26. The molecule has 2 aromatic rings. The van der Waals surface area contributed by atoms with Gasteiger partial charge in [0, 0.05) is 48.9 Å². The molecule has 2 heterocycles. The molecule has 140 valence electrons. The van der Waals surface area contributed by atoms with Gasteiger partial charge in [0.15, 0.2) is 0 Å². The SMILES string of the molecule is CN(C(=O)[C@@H]1CCCO1)C1CCC[C@@H](c2cn(C)c3ccc(Cl)cc23)C1. The van der Waals surface area contributed by atoms with Gasteiger partial charge in [-0.25, -0.2) is 0 Å². The first kappa shape index (κ1) is 17.9. The van der Waals surface area contributed by atoms with E-state index < -0.39 is 0 Å². The Kier molecular flexibility index (Phi) is 4.98. The molecule has 1 aromatic heterocycles. The quantitative estimate of drug-likeness (QED) is 0.793. The number of rotatable bonds is 3. The third-order valence-electron chi connectivity index (χ3n) is 6.17. The summed E-state index contributed by atoms with van der Waals surface area (Å²) in [6.07, 6.45) is 8.29. The maximum Gasteiger partial charge on any atom is 0.251 e. The highest BCUT2D eigenvalue weighted by atomic mass is 35.5. The van der Waals surface area contributed by atoms with Crippen LogP contribution >= 0.6 is 11.6 Å². The number of hydrogen-bond acceptors (Lipinski definition) is 2. The van der Waals surface area contributed by atoms with Gasteiger partial charge in [-0.05, 0) is 61.8 Å². The Hall–Kier alpha value is -1.52. The number of ether oxygens (including phenoxy) is 1. The molecule has 1 saturated carbocycles. The predicted octanol–water partition coefficient (Wildman–Crippen LogP) is 4.50. The number of halogens is 1. The monoisotopic (exact) mass is 374 g/mol. The molecule has 0 radical (unpaired) electrons. The number of aromatic nitrogens is 1. The highest BCUT2D eigenvalue weighted by Crippen LogP contribution is 2.39. The summed E-state index contributed by atoms with van der Waals surface area (Å²) in [7, 11) is 4.05. The van der Waals surface area contributed by atoms with Crippen molar-refractivity contribution in [3.63, 3.8) is 0 Å². The number of carbonyl (C=O) groups is 1. The van der Waals surface area contributed by atoms with Gasteiger partial charge in [-0.1, -0.05) is 18.0 Å². The molecule has 1 amide bonds. The molecular weight excluding hydrogens is 348 g/mol. The molecule has 0 spiro atoms. The van der Waals surface area contributed by atoms with E-state index in [0.717, 1.165) is 37.1 Å². The van der Waals surface area contributed by atoms with Crippen LogP contribution in [0.1, 0.15) is 50.0 Å². The highest BCUT2D eigenvalue weighted by Gasteiger charge is 2.33. The maximum absolute atomic E-state index is 12.7. The largest absolute Gasteiger partial charge is 0.368 e. The van der Waals surface area contributed by atoms with Crippen molar-refractivity contribution in [1.29, 1.82) is 0 Å². The minimum Gasteiger partial charge on any atom is -0.368 e. The molecule has 4 rings (SSSR count). The van der Waals surface area contributed by atoms with E-state index >= 15 is 0 Å². The molecule has 1 unspecified atom stereocenters. The summed E-state index contributed by atoms with van der Waals surface area (Å²) in [5.74, 6) is 0.629. The number of benzene rings is 1. The van der Waals surface area contributed by atoms with Gasteiger partial charge in [-0.2, -0.15) is 0 Å². The van der Waals surface area contributed by atoms with Gasteiger partial charge in [-0.3, -0.25) is 4.79 Å². The van der Waals surface area contributed by atoms with Crippen LogP contribution in [0.5, 0.6) is 0 Å². The van der Waals surface area contributed by atoms with Crippen molar-refractivity contribution in [1.82, 2.24) is 9.47 Å². The van der Waals surface area contributed by atoms with Gasteiger partial charge in [0.25, 0.3) is 5.91 Å². The van der Waals surface area contributed by atoms with Crippen LogP contribution in [-0.2, 0) is 16.6 Å².